The van der Waals surface area contributed by atoms with Crippen molar-refractivity contribution < 1.29 is 33.8 Å². The summed E-state index contributed by atoms with van der Waals surface area (Å²) in [6, 6.07) is 8.42. The molecule has 1 atom stereocenters. The van der Waals surface area contributed by atoms with E-state index in [1.54, 1.807) is 12.1 Å². The smallest absolute Gasteiger partial charge is 0.321 e. The van der Waals surface area contributed by atoms with Crippen LogP contribution in [0.25, 0.3) is 0 Å². The molecule has 0 spiro atoms. The number of rotatable bonds is 9. The fourth-order valence-corrected chi connectivity index (χ4v) is 2.27. The quantitative estimate of drug-likeness (QED) is 0.357. The second-order valence-corrected chi connectivity index (χ2v) is 6.20. The van der Waals surface area contributed by atoms with E-state index in [4.69, 9.17) is 16.3 Å². The molecule has 2 amide bonds. The Bertz CT molecular complexity index is 837. The van der Waals surface area contributed by atoms with Gasteiger partial charge in [-0.25, -0.2) is 4.39 Å². The van der Waals surface area contributed by atoms with Crippen molar-refractivity contribution in [1.29, 1.82) is 0 Å². The fourth-order valence-electron chi connectivity index (χ4n) is 2.16. The summed E-state index contributed by atoms with van der Waals surface area (Å²) in [7, 11) is 0. The lowest BCUT2D eigenvalue weighted by atomic mass is 10.2. The van der Waals surface area contributed by atoms with Crippen molar-refractivity contribution in [2.45, 2.75) is 12.5 Å². The molecule has 2 rings (SSSR count). The largest absolute Gasteiger partial charge is 0.484 e. The molecule has 10 heteroatoms. The molecule has 1 aromatic heterocycles. The Hall–Kier alpha value is -2.91. The van der Waals surface area contributed by atoms with Gasteiger partial charge in [-0.1, -0.05) is 11.6 Å². The number of hydrogen-bond acceptors (Lipinski definition) is 5. The molecule has 0 aliphatic heterocycles. The van der Waals surface area contributed by atoms with Gasteiger partial charge in [0.2, 0.25) is 6.20 Å². The Morgan fingerprint density at radius 2 is 2.04 bits per heavy atom. The van der Waals surface area contributed by atoms with E-state index in [0.29, 0.717) is 4.73 Å². The molecule has 8 nitrogen and oxygen atoms in total. The van der Waals surface area contributed by atoms with E-state index in [1.165, 1.54) is 24.4 Å². The number of aliphatic hydroxyl groups is 1. The number of ether oxygens (including phenoxy) is 1. The van der Waals surface area contributed by atoms with Gasteiger partial charge in [-0.05, 0) is 24.6 Å². The number of carbonyl (C=O) groups excluding carboxylic acids is 2. The monoisotopic (exact) mass is 412 g/mol. The summed E-state index contributed by atoms with van der Waals surface area (Å²) in [5.74, 6) is -1.49. The molecular weight excluding hydrogens is 393 g/mol. The van der Waals surface area contributed by atoms with Crippen LogP contribution in [0.2, 0.25) is 5.02 Å². The molecule has 4 N–H and O–H groups in total. The summed E-state index contributed by atoms with van der Waals surface area (Å²) in [4.78, 5) is 23.6. The van der Waals surface area contributed by atoms with Crippen molar-refractivity contribution in [1.82, 2.24) is 10.6 Å². The average Bonchev–Trinajstić information content (AvgIpc) is 2.67. The molecule has 2 aromatic rings. The Morgan fingerprint density at radius 3 is 2.75 bits per heavy atom. The predicted octanol–water partition coefficient (Wildman–Crippen LogP) is 0.680. The van der Waals surface area contributed by atoms with E-state index >= 15 is 0 Å². The van der Waals surface area contributed by atoms with Crippen LogP contribution in [0.1, 0.15) is 16.9 Å². The molecule has 28 heavy (non-hydrogen) atoms. The molecule has 150 valence electrons. The van der Waals surface area contributed by atoms with Crippen LogP contribution in [0.3, 0.4) is 0 Å². The molecular formula is C18H20ClFN3O5+. The van der Waals surface area contributed by atoms with Crippen molar-refractivity contribution in [3.05, 3.63) is 59.1 Å². The number of benzene rings is 1. The third-order valence-corrected chi connectivity index (χ3v) is 3.94. The normalized spacial score (nSPS) is 11.5. The van der Waals surface area contributed by atoms with Crippen molar-refractivity contribution in [3.8, 4) is 5.75 Å². The molecule has 0 bridgehead atoms. The summed E-state index contributed by atoms with van der Waals surface area (Å²) < 4.78 is 19.1. The van der Waals surface area contributed by atoms with Crippen LogP contribution in [0.5, 0.6) is 5.75 Å². The van der Waals surface area contributed by atoms with Gasteiger partial charge in [0, 0.05) is 36.0 Å². The minimum Gasteiger partial charge on any atom is -0.484 e. The van der Waals surface area contributed by atoms with Crippen LogP contribution in [0.15, 0.2) is 42.6 Å². The first kappa shape index (κ1) is 21.4. The Balaban J connectivity index is 1.64. The van der Waals surface area contributed by atoms with Crippen molar-refractivity contribution in [2.24, 2.45) is 0 Å². The number of nitrogens with zero attached hydrogens (tertiary/aromatic N) is 1. The van der Waals surface area contributed by atoms with Crippen LogP contribution >= 0.6 is 11.6 Å². The van der Waals surface area contributed by atoms with E-state index < -0.39 is 23.7 Å². The van der Waals surface area contributed by atoms with Crippen LogP contribution in [-0.4, -0.2) is 47.9 Å². The van der Waals surface area contributed by atoms with E-state index in [9.17, 15) is 24.3 Å². The molecule has 0 aliphatic carbocycles. The third kappa shape index (κ3) is 6.67. The highest BCUT2D eigenvalue weighted by atomic mass is 35.5. The summed E-state index contributed by atoms with van der Waals surface area (Å²) in [5, 5.41) is 24.3. The number of amides is 2. The molecule has 1 unspecified atom stereocenters. The summed E-state index contributed by atoms with van der Waals surface area (Å²) in [6.07, 6.45) is 0.613. The average molecular weight is 413 g/mol. The topological polar surface area (TPSA) is 112 Å². The summed E-state index contributed by atoms with van der Waals surface area (Å²) >= 11 is 5.55. The molecule has 1 heterocycles. The van der Waals surface area contributed by atoms with Crippen molar-refractivity contribution in [3.63, 3.8) is 0 Å². The number of aromatic nitrogens is 1. The minimum absolute atomic E-state index is 0.0433. The van der Waals surface area contributed by atoms with E-state index in [2.05, 4.69) is 10.6 Å². The molecule has 0 aliphatic rings. The highest BCUT2D eigenvalue weighted by Crippen LogP contribution is 2.20. The van der Waals surface area contributed by atoms with Crippen LogP contribution in [-0.2, 0) is 4.79 Å². The van der Waals surface area contributed by atoms with Gasteiger partial charge in [0.15, 0.2) is 6.61 Å². The maximum atomic E-state index is 13.3. The first-order valence-electron chi connectivity index (χ1n) is 8.37. The number of hydrogen-bond donors (Lipinski definition) is 4. The number of pyridine rings is 1. The van der Waals surface area contributed by atoms with Crippen molar-refractivity contribution in [2.75, 3.05) is 19.7 Å². The summed E-state index contributed by atoms with van der Waals surface area (Å²) in [5.41, 5.74) is 0.0566. The Labute approximate surface area is 165 Å². The van der Waals surface area contributed by atoms with Gasteiger partial charge >= 0.3 is 11.6 Å². The van der Waals surface area contributed by atoms with Crippen LogP contribution in [0.4, 0.5) is 4.39 Å². The number of nitrogens with one attached hydrogen (secondary N) is 2. The van der Waals surface area contributed by atoms with Gasteiger partial charge in [0.25, 0.3) is 5.91 Å². The maximum absolute atomic E-state index is 13.3. The summed E-state index contributed by atoms with van der Waals surface area (Å²) in [6.45, 7) is -0.251. The highest BCUT2D eigenvalue weighted by Gasteiger charge is 2.18. The predicted molar refractivity (Wildman–Crippen MR) is 96.7 cm³/mol. The zero-order chi connectivity index (χ0) is 20.5. The van der Waals surface area contributed by atoms with Gasteiger partial charge in [-0.15, -0.1) is 0 Å². The molecule has 0 saturated carbocycles. The first-order valence-corrected chi connectivity index (χ1v) is 8.75. The third-order valence-electron chi connectivity index (χ3n) is 3.63. The van der Waals surface area contributed by atoms with Crippen molar-refractivity contribution >= 4 is 23.4 Å². The highest BCUT2D eigenvalue weighted by molar-refractivity contribution is 6.30. The SMILES string of the molecule is O=C(COc1ccc(Cl)c(F)c1)NCC(O)CCNC(=O)c1cccc[n+]1O. The number of carbonyl (C=O) groups is 2. The molecule has 0 radical (unpaired) electrons. The standard InChI is InChI=1S/C18H19ClFN3O5/c19-14-5-4-13(9-15(14)20)28-11-17(25)22-10-12(24)6-7-21-18(26)16-3-1-2-8-23(16)27/h1-5,8-9,12,24H,6-7,10-11H2,(H2-,21,22,25,26,27)/p+1. The number of aliphatic hydroxyl groups excluding tert-OH is 1. The lowest BCUT2D eigenvalue weighted by molar-refractivity contribution is -0.905. The second kappa shape index (κ2) is 10.4. The fraction of sp³-hybridized carbons (Fsp3) is 0.278. The second-order valence-electron chi connectivity index (χ2n) is 5.80. The Kier molecular flexibility index (Phi) is 7.97. The zero-order valence-electron chi connectivity index (χ0n) is 14.8. The zero-order valence-corrected chi connectivity index (χ0v) is 15.5. The van der Waals surface area contributed by atoms with E-state index in [1.807, 2.05) is 0 Å². The lowest BCUT2D eigenvalue weighted by Crippen LogP contribution is -2.42. The minimum atomic E-state index is -0.894. The Morgan fingerprint density at radius 1 is 1.25 bits per heavy atom. The van der Waals surface area contributed by atoms with Crippen LogP contribution < -0.4 is 20.1 Å². The van der Waals surface area contributed by atoms with Gasteiger partial charge in [-0.2, -0.15) is 0 Å². The van der Waals surface area contributed by atoms with Gasteiger partial charge < -0.3 is 20.5 Å². The maximum Gasteiger partial charge on any atom is 0.321 e. The van der Waals surface area contributed by atoms with E-state index in [0.717, 1.165) is 6.07 Å². The molecule has 0 saturated heterocycles. The first-order chi connectivity index (χ1) is 13.4. The number of halogens is 2. The molecule has 1 aromatic carbocycles. The van der Waals surface area contributed by atoms with Crippen LogP contribution in [0, 0.1) is 5.82 Å². The van der Waals surface area contributed by atoms with Gasteiger partial charge in [0.1, 0.15) is 11.6 Å². The lowest BCUT2D eigenvalue weighted by Gasteiger charge is -2.12. The van der Waals surface area contributed by atoms with Gasteiger partial charge in [-0.3, -0.25) is 14.8 Å². The molecule has 0 fully saturated rings. The van der Waals surface area contributed by atoms with E-state index in [-0.39, 0.29) is 42.6 Å². The van der Waals surface area contributed by atoms with Gasteiger partial charge in [0.05, 0.1) is 11.1 Å².